The zero-order valence-corrected chi connectivity index (χ0v) is 17.1. The normalized spacial score (nSPS) is 11.9. The van der Waals surface area contributed by atoms with Gasteiger partial charge in [-0.15, -0.1) is 0 Å². The van der Waals surface area contributed by atoms with Crippen LogP contribution in [0.3, 0.4) is 0 Å². The highest BCUT2D eigenvalue weighted by atomic mass is 16.5. The SMILES string of the molecule is COCc1ccc(C(=O)O[C@H](C)C(=O)c2cc(C)n(-c3ccccc3)c2C)cc1. The Morgan fingerprint density at radius 2 is 1.66 bits per heavy atom. The molecular weight excluding hydrogens is 366 g/mol. The van der Waals surface area contributed by atoms with Gasteiger partial charge < -0.3 is 14.0 Å². The van der Waals surface area contributed by atoms with Crippen LogP contribution in [-0.2, 0) is 16.1 Å². The zero-order chi connectivity index (χ0) is 21.0. The lowest BCUT2D eigenvalue weighted by Crippen LogP contribution is -2.25. The van der Waals surface area contributed by atoms with Crippen molar-refractivity contribution in [2.24, 2.45) is 0 Å². The number of carbonyl (C=O) groups excluding carboxylic acids is 2. The van der Waals surface area contributed by atoms with Crippen molar-refractivity contribution < 1.29 is 19.1 Å². The smallest absolute Gasteiger partial charge is 0.338 e. The van der Waals surface area contributed by atoms with Gasteiger partial charge >= 0.3 is 5.97 Å². The quantitative estimate of drug-likeness (QED) is 0.434. The van der Waals surface area contributed by atoms with Crippen LogP contribution < -0.4 is 0 Å². The predicted molar refractivity (Wildman–Crippen MR) is 112 cm³/mol. The summed E-state index contributed by atoms with van der Waals surface area (Å²) in [6.07, 6.45) is -0.883. The minimum Gasteiger partial charge on any atom is -0.451 e. The molecule has 1 atom stereocenters. The van der Waals surface area contributed by atoms with E-state index in [1.807, 2.05) is 54.8 Å². The molecule has 0 saturated heterocycles. The molecule has 0 radical (unpaired) electrons. The number of carbonyl (C=O) groups is 2. The van der Waals surface area contributed by atoms with Gasteiger partial charge in [0.2, 0.25) is 5.78 Å². The van der Waals surface area contributed by atoms with E-state index in [1.54, 1.807) is 38.3 Å². The van der Waals surface area contributed by atoms with E-state index in [0.717, 1.165) is 22.6 Å². The summed E-state index contributed by atoms with van der Waals surface area (Å²) in [7, 11) is 1.62. The zero-order valence-electron chi connectivity index (χ0n) is 17.1. The number of hydrogen-bond acceptors (Lipinski definition) is 4. The molecule has 2 aromatic carbocycles. The van der Waals surface area contributed by atoms with Crippen molar-refractivity contribution in [1.82, 2.24) is 4.57 Å². The first kappa shape index (κ1) is 20.6. The van der Waals surface area contributed by atoms with Gasteiger partial charge in [0.15, 0.2) is 6.10 Å². The second-order valence-corrected chi connectivity index (χ2v) is 7.00. The number of nitrogens with zero attached hydrogens (tertiary/aromatic N) is 1. The number of Topliss-reactive ketones (excluding diaryl/α,β-unsaturated/α-hetero) is 1. The largest absolute Gasteiger partial charge is 0.451 e. The first-order chi connectivity index (χ1) is 13.9. The third kappa shape index (κ3) is 4.46. The van der Waals surface area contributed by atoms with E-state index < -0.39 is 12.1 Å². The maximum absolute atomic E-state index is 13.0. The van der Waals surface area contributed by atoms with Crippen molar-refractivity contribution in [2.45, 2.75) is 33.5 Å². The van der Waals surface area contributed by atoms with Gasteiger partial charge in [0.05, 0.1) is 12.2 Å². The third-order valence-corrected chi connectivity index (χ3v) is 4.86. The molecule has 0 aliphatic carbocycles. The van der Waals surface area contributed by atoms with Gasteiger partial charge in [-0.3, -0.25) is 4.79 Å². The van der Waals surface area contributed by atoms with Crippen LogP contribution in [0.2, 0.25) is 0 Å². The Labute approximate surface area is 170 Å². The topological polar surface area (TPSA) is 57.5 Å². The maximum atomic E-state index is 13.0. The fraction of sp³-hybridized carbons (Fsp3) is 0.250. The number of rotatable bonds is 7. The van der Waals surface area contributed by atoms with Gasteiger partial charge in [-0.05, 0) is 56.7 Å². The van der Waals surface area contributed by atoms with Crippen LogP contribution >= 0.6 is 0 Å². The fourth-order valence-electron chi connectivity index (χ4n) is 3.39. The minimum absolute atomic E-state index is 0.218. The van der Waals surface area contributed by atoms with Gasteiger partial charge in [-0.2, -0.15) is 0 Å². The lowest BCUT2D eigenvalue weighted by molar-refractivity contribution is 0.0318. The Kier molecular flexibility index (Phi) is 6.29. The second kappa shape index (κ2) is 8.88. The molecule has 0 amide bonds. The molecule has 3 rings (SSSR count). The summed E-state index contributed by atoms with van der Waals surface area (Å²) in [5.41, 5.74) is 4.68. The van der Waals surface area contributed by atoms with Crippen LogP contribution in [0.1, 0.15) is 44.6 Å². The molecule has 0 aliphatic rings. The van der Waals surface area contributed by atoms with Gasteiger partial charge in [-0.1, -0.05) is 30.3 Å². The second-order valence-electron chi connectivity index (χ2n) is 7.00. The molecule has 1 heterocycles. The maximum Gasteiger partial charge on any atom is 0.338 e. The van der Waals surface area contributed by atoms with Crippen LogP contribution in [0.15, 0.2) is 60.7 Å². The molecule has 0 bridgehead atoms. The van der Waals surface area contributed by atoms with Gasteiger partial charge in [0.1, 0.15) is 0 Å². The number of esters is 1. The summed E-state index contributed by atoms with van der Waals surface area (Å²) in [6.45, 7) is 5.93. The molecular formula is C24H25NO4. The molecule has 0 aliphatic heterocycles. The summed E-state index contributed by atoms with van der Waals surface area (Å²) in [5, 5.41) is 0. The number of aromatic nitrogens is 1. The monoisotopic (exact) mass is 391 g/mol. The highest BCUT2D eigenvalue weighted by molar-refractivity contribution is 6.02. The first-order valence-corrected chi connectivity index (χ1v) is 9.49. The Hall–Kier alpha value is -3.18. The highest BCUT2D eigenvalue weighted by Gasteiger charge is 2.24. The summed E-state index contributed by atoms with van der Waals surface area (Å²) >= 11 is 0. The Bertz CT molecular complexity index is 1000. The Morgan fingerprint density at radius 3 is 2.28 bits per heavy atom. The summed E-state index contributed by atoms with van der Waals surface area (Å²) < 4.78 is 12.5. The van der Waals surface area contributed by atoms with Gasteiger partial charge in [0, 0.05) is 29.7 Å². The van der Waals surface area contributed by atoms with Gasteiger partial charge in [0.25, 0.3) is 0 Å². The molecule has 0 fully saturated rings. The van der Waals surface area contributed by atoms with E-state index in [0.29, 0.717) is 17.7 Å². The lowest BCUT2D eigenvalue weighted by Gasteiger charge is -2.13. The third-order valence-electron chi connectivity index (χ3n) is 4.86. The van der Waals surface area contributed by atoms with E-state index in [9.17, 15) is 9.59 Å². The van der Waals surface area contributed by atoms with Crippen LogP contribution in [0.25, 0.3) is 5.69 Å². The Balaban J connectivity index is 1.76. The van der Waals surface area contributed by atoms with Crippen LogP contribution in [0.5, 0.6) is 0 Å². The molecule has 5 nitrogen and oxygen atoms in total. The number of para-hydroxylation sites is 1. The van der Waals surface area contributed by atoms with Crippen LogP contribution in [0.4, 0.5) is 0 Å². The summed E-state index contributed by atoms with van der Waals surface area (Å²) in [6, 6.07) is 18.7. The summed E-state index contributed by atoms with van der Waals surface area (Å²) in [4.78, 5) is 25.4. The molecule has 1 aromatic heterocycles. The number of ketones is 1. The van der Waals surface area contributed by atoms with Crippen LogP contribution in [0, 0.1) is 13.8 Å². The van der Waals surface area contributed by atoms with E-state index in [1.165, 1.54) is 0 Å². The molecule has 3 aromatic rings. The van der Waals surface area contributed by atoms with Crippen molar-refractivity contribution in [3.63, 3.8) is 0 Å². The average Bonchev–Trinajstić information content (AvgIpc) is 3.02. The number of methoxy groups -OCH3 is 1. The molecule has 29 heavy (non-hydrogen) atoms. The van der Waals surface area contributed by atoms with Crippen molar-refractivity contribution in [3.8, 4) is 5.69 Å². The van der Waals surface area contributed by atoms with Crippen molar-refractivity contribution in [3.05, 3.63) is 88.7 Å². The van der Waals surface area contributed by atoms with E-state index in [2.05, 4.69) is 0 Å². The molecule has 0 N–H and O–H groups in total. The molecule has 5 heteroatoms. The van der Waals surface area contributed by atoms with E-state index in [4.69, 9.17) is 9.47 Å². The molecule has 0 unspecified atom stereocenters. The highest BCUT2D eigenvalue weighted by Crippen LogP contribution is 2.22. The number of ether oxygens (including phenoxy) is 2. The molecule has 150 valence electrons. The number of aryl methyl sites for hydroxylation is 1. The average molecular weight is 391 g/mol. The minimum atomic E-state index is -0.883. The summed E-state index contributed by atoms with van der Waals surface area (Å²) in [5.74, 6) is -0.740. The van der Waals surface area contributed by atoms with Crippen molar-refractivity contribution in [1.29, 1.82) is 0 Å². The molecule has 0 spiro atoms. The van der Waals surface area contributed by atoms with E-state index in [-0.39, 0.29) is 5.78 Å². The standard InChI is InChI=1S/C24H25NO4/c1-16-14-22(17(2)25(16)21-8-6-5-7-9-21)23(26)18(3)29-24(27)20-12-10-19(11-13-20)15-28-4/h5-14,18H,15H2,1-4H3/t18-/m1/s1. The van der Waals surface area contributed by atoms with Crippen LogP contribution in [-0.4, -0.2) is 29.5 Å². The number of hydrogen-bond donors (Lipinski definition) is 0. The predicted octanol–water partition coefficient (Wildman–Crippen LogP) is 4.67. The molecule has 0 saturated carbocycles. The first-order valence-electron chi connectivity index (χ1n) is 9.49. The number of benzene rings is 2. The Morgan fingerprint density at radius 1 is 1.00 bits per heavy atom. The lowest BCUT2D eigenvalue weighted by atomic mass is 10.1. The van der Waals surface area contributed by atoms with Crippen molar-refractivity contribution >= 4 is 11.8 Å². The van der Waals surface area contributed by atoms with E-state index >= 15 is 0 Å². The van der Waals surface area contributed by atoms with Crippen molar-refractivity contribution in [2.75, 3.05) is 7.11 Å². The fourth-order valence-corrected chi connectivity index (χ4v) is 3.39. The van der Waals surface area contributed by atoms with Gasteiger partial charge in [-0.25, -0.2) is 4.79 Å².